The Balaban J connectivity index is 0.00000216. The van der Waals surface area contributed by atoms with E-state index in [2.05, 4.69) is 120 Å². The molecule has 2 aromatic rings. The molecule has 262 valence electrons. The molecule has 0 aromatic heterocycles. The second-order valence-corrected chi connectivity index (χ2v) is 16.4. The normalized spacial score (nSPS) is 15.8. The summed E-state index contributed by atoms with van der Waals surface area (Å²) in [7, 11) is 8.38. The van der Waals surface area contributed by atoms with Gasteiger partial charge >= 0.3 is 0 Å². The SMILES string of the molecule is C[N+](C)=c1ccc2nc3ccc(N4CCC(CCC5CCN(c6ccc7nc8ccc(=[N+](C)C)cc-8sc7c6)CC5)CC4)cc3sc-2c1.[I-].[I-]. The van der Waals surface area contributed by atoms with E-state index in [9.17, 15) is 0 Å². The lowest BCUT2D eigenvalue weighted by molar-refractivity contribution is -0.00100. The molecule has 0 N–H and O–H groups in total. The Kier molecular flexibility index (Phi) is 12.0. The molecule has 2 aliphatic carbocycles. The number of aromatic nitrogens is 2. The van der Waals surface area contributed by atoms with E-state index in [-0.39, 0.29) is 48.0 Å². The van der Waals surface area contributed by atoms with Gasteiger partial charge in [-0.05, 0) is 86.1 Å². The van der Waals surface area contributed by atoms with E-state index >= 15 is 0 Å². The third-order valence-corrected chi connectivity index (χ3v) is 12.9. The van der Waals surface area contributed by atoms with E-state index in [0.717, 1.165) is 60.4 Å². The summed E-state index contributed by atoms with van der Waals surface area (Å²) < 4.78 is 6.87. The van der Waals surface area contributed by atoms with Crippen LogP contribution in [0.3, 0.4) is 0 Å². The highest BCUT2D eigenvalue weighted by Gasteiger charge is 2.24. The fourth-order valence-electron chi connectivity index (χ4n) is 7.58. The topological polar surface area (TPSA) is 38.3 Å². The number of piperidine rings is 2. The van der Waals surface area contributed by atoms with Gasteiger partial charge in [-0.1, -0.05) is 12.8 Å². The standard InChI is InChI=1S/C40H46N6S2.2HI/c1-43(2)29-7-11-33-37(23-29)47-39-25-31(9-13-35(39)41-33)45-19-15-27(16-20-45)5-6-28-17-21-46(22-18-28)32-10-14-36-40(26-32)48-38-24-30(44(3)4)8-12-34(38)42-36;;/h7-14,23-28H,5-6,15-22H2,1-4H3;2*1H/q+2;;/p-2. The first-order chi connectivity index (χ1) is 23.4. The number of anilines is 2. The van der Waals surface area contributed by atoms with Crippen molar-refractivity contribution in [1.82, 2.24) is 19.1 Å². The Hall–Kier alpha value is -2.42. The van der Waals surface area contributed by atoms with Gasteiger partial charge in [-0.15, -0.1) is 22.7 Å². The molecule has 4 aliphatic heterocycles. The predicted octanol–water partition coefficient (Wildman–Crippen LogP) is 1.10. The van der Waals surface area contributed by atoms with E-state index in [1.165, 1.54) is 79.8 Å². The second kappa shape index (κ2) is 16.1. The van der Waals surface area contributed by atoms with Crippen LogP contribution >= 0.6 is 22.7 Å². The lowest BCUT2D eigenvalue weighted by atomic mass is 9.85. The zero-order chi connectivity index (χ0) is 32.8. The Morgan fingerprint density at radius 1 is 0.560 bits per heavy atom. The molecule has 0 spiro atoms. The molecular formula is C40H46I2N6S2. The van der Waals surface area contributed by atoms with Crippen LogP contribution in [0.4, 0.5) is 11.4 Å². The van der Waals surface area contributed by atoms with E-state index < -0.39 is 0 Å². The number of hydrogen-bond acceptors (Lipinski definition) is 6. The van der Waals surface area contributed by atoms with Gasteiger partial charge in [-0.3, -0.25) is 0 Å². The van der Waals surface area contributed by atoms with Crippen LogP contribution in [0, 0.1) is 11.8 Å². The second-order valence-electron chi connectivity index (χ2n) is 14.3. The monoisotopic (exact) mass is 928 g/mol. The number of nitrogens with zero attached hydrogens (tertiary/aromatic N) is 6. The van der Waals surface area contributed by atoms with Gasteiger partial charge in [0.05, 0.1) is 41.6 Å². The lowest BCUT2D eigenvalue weighted by Gasteiger charge is -2.36. The first kappa shape index (κ1) is 37.3. The van der Waals surface area contributed by atoms with Crippen molar-refractivity contribution in [2.45, 2.75) is 38.5 Å². The Labute approximate surface area is 338 Å². The molecule has 2 saturated heterocycles. The molecule has 4 heterocycles. The smallest absolute Gasteiger partial charge is 0.201 e. The zero-order valence-electron chi connectivity index (χ0n) is 29.4. The summed E-state index contributed by atoms with van der Waals surface area (Å²) in [6.45, 7) is 4.65. The summed E-state index contributed by atoms with van der Waals surface area (Å²) in [5, 5.41) is 2.44. The van der Waals surface area contributed by atoms with Crippen molar-refractivity contribution in [1.29, 1.82) is 0 Å². The van der Waals surface area contributed by atoms with Gasteiger partial charge in [-0.2, -0.15) is 0 Å². The van der Waals surface area contributed by atoms with Crippen LogP contribution in [0.5, 0.6) is 0 Å². The number of rotatable bonds is 5. The average molecular weight is 929 g/mol. The molecule has 0 radical (unpaired) electrons. The van der Waals surface area contributed by atoms with Gasteiger partial charge in [-0.25, -0.2) is 19.1 Å². The minimum absolute atomic E-state index is 0. The van der Waals surface area contributed by atoms with Gasteiger partial charge < -0.3 is 57.8 Å². The minimum atomic E-state index is 0. The molecule has 6 nitrogen and oxygen atoms in total. The van der Waals surface area contributed by atoms with E-state index in [0.29, 0.717) is 0 Å². The van der Waals surface area contributed by atoms with Crippen LogP contribution in [0.25, 0.3) is 41.6 Å². The Bertz CT molecular complexity index is 2030. The van der Waals surface area contributed by atoms with E-state index in [1.54, 1.807) is 0 Å². The summed E-state index contributed by atoms with van der Waals surface area (Å²) in [6.07, 6.45) is 7.99. The summed E-state index contributed by atoms with van der Waals surface area (Å²) in [4.78, 5) is 17.6. The van der Waals surface area contributed by atoms with Gasteiger partial charge in [0.25, 0.3) is 0 Å². The predicted molar refractivity (Wildman–Crippen MR) is 206 cm³/mol. The number of halogens is 2. The lowest BCUT2D eigenvalue weighted by Crippen LogP contribution is -3.00. The summed E-state index contributed by atoms with van der Waals surface area (Å²) in [5.74, 6) is 1.71. The van der Waals surface area contributed by atoms with Crippen molar-refractivity contribution in [3.8, 4) is 21.1 Å². The molecule has 0 bridgehead atoms. The van der Waals surface area contributed by atoms with Crippen molar-refractivity contribution in [2.75, 3.05) is 64.2 Å². The van der Waals surface area contributed by atoms with Crippen LogP contribution < -0.4 is 77.6 Å². The third-order valence-electron chi connectivity index (χ3n) is 10.7. The molecule has 0 amide bonds. The van der Waals surface area contributed by atoms with Gasteiger partial charge in [0.15, 0.2) is 0 Å². The van der Waals surface area contributed by atoms with Crippen molar-refractivity contribution >= 4 is 54.5 Å². The third kappa shape index (κ3) is 7.97. The molecule has 50 heavy (non-hydrogen) atoms. The molecule has 2 aromatic carbocycles. The highest BCUT2D eigenvalue weighted by molar-refractivity contribution is 7.21. The van der Waals surface area contributed by atoms with E-state index in [1.807, 2.05) is 22.7 Å². The minimum Gasteiger partial charge on any atom is -1.00 e. The first-order valence-corrected chi connectivity index (χ1v) is 19.2. The van der Waals surface area contributed by atoms with Crippen molar-refractivity contribution < 1.29 is 48.0 Å². The van der Waals surface area contributed by atoms with Crippen LogP contribution in [0.1, 0.15) is 38.5 Å². The van der Waals surface area contributed by atoms with E-state index in [4.69, 9.17) is 9.97 Å². The summed E-state index contributed by atoms with van der Waals surface area (Å²) >= 11 is 3.73. The van der Waals surface area contributed by atoms with Crippen LogP contribution in [-0.4, -0.2) is 64.3 Å². The van der Waals surface area contributed by atoms with Crippen molar-refractivity contribution in [2.24, 2.45) is 11.8 Å². The van der Waals surface area contributed by atoms with Crippen LogP contribution in [-0.2, 0) is 0 Å². The highest BCUT2D eigenvalue weighted by Crippen LogP contribution is 2.36. The maximum atomic E-state index is 4.96. The number of hydrogen-bond donors (Lipinski definition) is 0. The quantitative estimate of drug-likeness (QED) is 0.148. The molecule has 6 aliphatic rings. The Morgan fingerprint density at radius 2 is 0.960 bits per heavy atom. The zero-order valence-corrected chi connectivity index (χ0v) is 35.4. The fraction of sp³-hybridized carbons (Fsp3) is 0.400. The molecule has 0 saturated carbocycles. The molecule has 0 atom stereocenters. The number of fused-ring (bicyclic) bond motifs is 4. The first-order valence-electron chi connectivity index (χ1n) is 17.6. The summed E-state index contributed by atoms with van der Waals surface area (Å²) in [6, 6.07) is 26.9. The molecule has 10 heteroatoms. The molecular weight excluding hydrogens is 882 g/mol. The highest BCUT2D eigenvalue weighted by atomic mass is 127. The molecule has 0 unspecified atom stereocenters. The largest absolute Gasteiger partial charge is 1.00 e. The van der Waals surface area contributed by atoms with Gasteiger partial charge in [0, 0.05) is 61.8 Å². The Morgan fingerprint density at radius 3 is 1.34 bits per heavy atom. The molecule has 2 fully saturated rings. The molecule has 8 rings (SSSR count). The van der Waals surface area contributed by atoms with Crippen molar-refractivity contribution in [3.05, 3.63) is 83.5 Å². The van der Waals surface area contributed by atoms with Crippen LogP contribution in [0.15, 0.2) is 72.8 Å². The summed E-state index contributed by atoms with van der Waals surface area (Å²) in [5.41, 5.74) is 7.06. The van der Waals surface area contributed by atoms with Gasteiger partial charge in [0.1, 0.15) is 28.2 Å². The maximum Gasteiger partial charge on any atom is 0.201 e. The van der Waals surface area contributed by atoms with Crippen LogP contribution in [0.2, 0.25) is 0 Å². The average Bonchev–Trinajstić information content (AvgIpc) is 3.11. The van der Waals surface area contributed by atoms with Crippen molar-refractivity contribution in [3.63, 3.8) is 0 Å². The van der Waals surface area contributed by atoms with Gasteiger partial charge in [0.2, 0.25) is 10.7 Å². The fourth-order valence-corrected chi connectivity index (χ4v) is 9.65. The number of benzene rings is 4. The maximum absolute atomic E-state index is 4.96.